The van der Waals surface area contributed by atoms with Crippen LogP contribution < -0.4 is 5.19 Å². The molecule has 0 unspecified atom stereocenters. The van der Waals surface area contributed by atoms with Crippen molar-refractivity contribution in [2.24, 2.45) is 0 Å². The summed E-state index contributed by atoms with van der Waals surface area (Å²) in [6, 6.07) is 6.16. The average molecular weight is 296 g/mol. The number of hydrogen-bond acceptors (Lipinski definition) is 0. The molecule has 0 saturated carbocycles. The Labute approximate surface area is 134 Å². The Kier molecular flexibility index (Phi) is 4.93. The Balaban J connectivity index is 1.59. The van der Waals surface area contributed by atoms with Crippen LogP contribution in [0.2, 0.25) is 24.0 Å². The minimum absolute atomic E-state index is 1.03. The molecule has 1 aromatic carbocycles. The Morgan fingerprint density at radius 1 is 0.952 bits per heavy atom. The summed E-state index contributed by atoms with van der Waals surface area (Å²) >= 11 is 0. The van der Waals surface area contributed by atoms with E-state index < -0.39 is 0 Å². The molecule has 0 spiro atoms. The van der Waals surface area contributed by atoms with Gasteiger partial charge in [0.25, 0.3) is 0 Å². The fourth-order valence-corrected chi connectivity index (χ4v) is 6.54. The third-order valence-electron chi connectivity index (χ3n) is 5.97. The Hall–Kier alpha value is -0.498. The second-order valence-electron chi connectivity index (χ2n) is 7.53. The maximum atomic E-state index is 2.37. The van der Waals surface area contributed by atoms with Gasteiger partial charge in [-0.3, -0.25) is 0 Å². The van der Waals surface area contributed by atoms with Crippen LogP contribution in [0.15, 0.2) is 12.1 Å². The third-order valence-corrected chi connectivity index (χ3v) is 7.65. The van der Waals surface area contributed by atoms with Gasteiger partial charge in [-0.15, -0.1) is 0 Å². The molecule has 2 fully saturated rings. The lowest BCUT2D eigenvalue weighted by atomic mass is 9.26. The fourth-order valence-electron chi connectivity index (χ4n) is 5.11. The van der Waals surface area contributed by atoms with Crippen LogP contribution in [0.25, 0.3) is 0 Å². The van der Waals surface area contributed by atoms with Crippen LogP contribution in [0, 0.1) is 20.8 Å². The van der Waals surface area contributed by atoms with Gasteiger partial charge in [-0.1, -0.05) is 96.5 Å². The molecular formula is C19H29BSi. The molecule has 2 aliphatic heterocycles. The van der Waals surface area contributed by atoms with E-state index >= 15 is 0 Å². The van der Waals surface area contributed by atoms with Crippen LogP contribution in [-0.2, 0) is 0 Å². The standard InChI is InChI=1S/C19H29BSi/c1-14-12-15(2)19(16(3)13-14)21-11-10-20-17-6-4-7-18(20)9-5-8-17/h12-13,17-18H,4-11H2,1-3H3. The van der Waals surface area contributed by atoms with Crippen LogP contribution >= 0.6 is 0 Å². The van der Waals surface area contributed by atoms with Crippen LogP contribution in [0.1, 0.15) is 55.2 Å². The van der Waals surface area contributed by atoms with E-state index in [1.165, 1.54) is 67.6 Å². The van der Waals surface area contributed by atoms with Crippen molar-refractivity contribution >= 4 is 21.4 Å². The highest BCUT2D eigenvalue weighted by Crippen LogP contribution is 2.47. The largest absolute Gasteiger partial charge is 0.146 e. The molecule has 2 bridgehead atoms. The molecule has 3 rings (SSSR count). The normalized spacial score (nSPS) is 25.2. The Morgan fingerprint density at radius 2 is 1.48 bits per heavy atom. The van der Waals surface area contributed by atoms with Gasteiger partial charge in [0.05, 0.1) is 9.52 Å². The van der Waals surface area contributed by atoms with Crippen molar-refractivity contribution in [3.63, 3.8) is 0 Å². The van der Waals surface area contributed by atoms with Gasteiger partial charge in [0.1, 0.15) is 6.71 Å². The monoisotopic (exact) mass is 296 g/mol. The lowest BCUT2D eigenvalue weighted by Gasteiger charge is -2.40. The molecule has 2 radical (unpaired) electrons. The molecule has 2 saturated heterocycles. The van der Waals surface area contributed by atoms with Crippen molar-refractivity contribution in [3.8, 4) is 0 Å². The summed E-state index contributed by atoms with van der Waals surface area (Å²) in [4.78, 5) is 0. The smallest absolute Gasteiger partial charge is 0.0762 e. The first-order valence-corrected chi connectivity index (χ1v) is 10.2. The second-order valence-corrected chi connectivity index (χ2v) is 8.89. The lowest BCUT2D eigenvalue weighted by Crippen LogP contribution is -2.35. The minimum atomic E-state index is 1.03. The maximum Gasteiger partial charge on any atom is 0.146 e. The quantitative estimate of drug-likeness (QED) is 0.689. The molecule has 0 aromatic heterocycles. The highest BCUT2D eigenvalue weighted by molar-refractivity contribution is 6.65. The summed E-state index contributed by atoms with van der Waals surface area (Å²) in [5.74, 6) is 2.17. The van der Waals surface area contributed by atoms with Crippen LogP contribution in [-0.4, -0.2) is 16.2 Å². The van der Waals surface area contributed by atoms with Gasteiger partial charge >= 0.3 is 0 Å². The lowest BCUT2D eigenvalue weighted by molar-refractivity contribution is 0.442. The average Bonchev–Trinajstić information content (AvgIpc) is 2.41. The molecule has 0 N–H and O–H groups in total. The summed E-state index contributed by atoms with van der Waals surface area (Å²) < 4.78 is 0. The SMILES string of the molecule is Cc1cc(C)c([Si]CCB2C3CCCC2CCC3)c(C)c1. The van der Waals surface area contributed by atoms with E-state index in [2.05, 4.69) is 32.9 Å². The third kappa shape index (κ3) is 3.47. The first-order valence-electron chi connectivity index (χ1n) is 8.97. The van der Waals surface area contributed by atoms with Crippen LogP contribution in [0.5, 0.6) is 0 Å². The van der Waals surface area contributed by atoms with Gasteiger partial charge in [-0.25, -0.2) is 0 Å². The number of hydrogen-bond donors (Lipinski definition) is 0. The zero-order valence-electron chi connectivity index (χ0n) is 14.0. The number of fused-ring (bicyclic) bond motifs is 2. The summed E-state index contributed by atoms with van der Waals surface area (Å²) in [5, 5.41) is 1.65. The fraction of sp³-hybridized carbons (Fsp3) is 0.684. The second kappa shape index (κ2) is 6.73. The van der Waals surface area contributed by atoms with E-state index in [0.717, 1.165) is 27.9 Å². The van der Waals surface area contributed by atoms with E-state index in [0.29, 0.717) is 0 Å². The van der Waals surface area contributed by atoms with Gasteiger partial charge in [0.2, 0.25) is 0 Å². The van der Waals surface area contributed by atoms with E-state index in [1.54, 1.807) is 5.19 Å². The molecular weight excluding hydrogens is 267 g/mol. The first kappa shape index (κ1) is 15.4. The maximum absolute atomic E-state index is 2.37. The molecule has 2 heteroatoms. The van der Waals surface area contributed by atoms with E-state index in [-0.39, 0.29) is 0 Å². The molecule has 0 nitrogen and oxygen atoms in total. The molecule has 0 aliphatic carbocycles. The summed E-state index contributed by atoms with van der Waals surface area (Å²) in [6.07, 6.45) is 10.7. The van der Waals surface area contributed by atoms with Crippen molar-refractivity contribution < 1.29 is 0 Å². The van der Waals surface area contributed by atoms with Crippen molar-refractivity contribution in [3.05, 3.63) is 28.8 Å². The topological polar surface area (TPSA) is 0 Å². The molecule has 21 heavy (non-hydrogen) atoms. The van der Waals surface area contributed by atoms with Crippen molar-refractivity contribution in [2.75, 3.05) is 0 Å². The van der Waals surface area contributed by atoms with Gasteiger partial charge in [0.15, 0.2) is 0 Å². The molecule has 2 heterocycles. The minimum Gasteiger partial charge on any atom is -0.0762 e. The molecule has 2 aliphatic rings. The zero-order chi connectivity index (χ0) is 14.8. The molecule has 0 atom stereocenters. The van der Waals surface area contributed by atoms with E-state index in [1.807, 2.05) is 0 Å². The van der Waals surface area contributed by atoms with E-state index in [4.69, 9.17) is 0 Å². The number of benzene rings is 1. The Bertz CT molecular complexity index is 451. The summed E-state index contributed by atoms with van der Waals surface area (Å²) in [7, 11) is 1.03. The highest BCUT2D eigenvalue weighted by atomic mass is 28.2. The van der Waals surface area contributed by atoms with Crippen molar-refractivity contribution in [1.82, 2.24) is 0 Å². The molecule has 0 amide bonds. The predicted octanol–water partition coefficient (Wildman–Crippen LogP) is 4.96. The first-order chi connectivity index (χ1) is 10.1. The van der Waals surface area contributed by atoms with Crippen LogP contribution in [0.3, 0.4) is 0 Å². The zero-order valence-corrected chi connectivity index (χ0v) is 15.0. The van der Waals surface area contributed by atoms with Gasteiger partial charge in [-0.05, 0) is 20.8 Å². The van der Waals surface area contributed by atoms with Gasteiger partial charge in [0, 0.05) is 0 Å². The summed E-state index contributed by atoms with van der Waals surface area (Å²) in [6.45, 7) is 7.90. The molecule has 112 valence electrons. The molecule has 1 aromatic rings. The number of rotatable bonds is 4. The Morgan fingerprint density at radius 3 is 2.00 bits per heavy atom. The van der Waals surface area contributed by atoms with Crippen molar-refractivity contribution in [2.45, 2.75) is 83.3 Å². The van der Waals surface area contributed by atoms with Gasteiger partial charge < -0.3 is 0 Å². The van der Waals surface area contributed by atoms with E-state index in [9.17, 15) is 0 Å². The van der Waals surface area contributed by atoms with Gasteiger partial charge in [-0.2, -0.15) is 0 Å². The van der Waals surface area contributed by atoms with Crippen molar-refractivity contribution in [1.29, 1.82) is 0 Å². The highest BCUT2D eigenvalue weighted by Gasteiger charge is 2.38. The summed E-state index contributed by atoms with van der Waals surface area (Å²) in [5.41, 5.74) is 4.46. The number of aryl methyl sites for hydroxylation is 3. The van der Waals surface area contributed by atoms with Crippen LogP contribution in [0.4, 0.5) is 0 Å². The predicted molar refractivity (Wildman–Crippen MR) is 96.6 cm³/mol.